The van der Waals surface area contributed by atoms with E-state index in [1.807, 2.05) is 0 Å². The third-order valence-electron chi connectivity index (χ3n) is 3.06. The van der Waals surface area contributed by atoms with Crippen LogP contribution in [0, 0.1) is 5.92 Å². The molecule has 0 amide bonds. The van der Waals surface area contributed by atoms with Crippen LogP contribution in [0.2, 0.25) is 0 Å². The molecule has 1 rings (SSSR count). The molecule has 3 N–H and O–H groups in total. The fourth-order valence-electron chi connectivity index (χ4n) is 2.18. The maximum atomic E-state index is 9.02. The Kier molecular flexibility index (Phi) is 4.70. The first-order chi connectivity index (χ1) is 6.31. The summed E-state index contributed by atoms with van der Waals surface area (Å²) in [6, 6.07) is 0.640. The van der Waals surface area contributed by atoms with Gasteiger partial charge in [0.2, 0.25) is 0 Å². The summed E-state index contributed by atoms with van der Waals surface area (Å²) in [5, 5.41) is 9.02. The van der Waals surface area contributed by atoms with Crippen LogP contribution in [0.5, 0.6) is 0 Å². The van der Waals surface area contributed by atoms with Crippen LogP contribution in [-0.4, -0.2) is 42.3 Å². The van der Waals surface area contributed by atoms with Gasteiger partial charge in [-0.05, 0) is 38.3 Å². The van der Waals surface area contributed by atoms with Gasteiger partial charge in [0.05, 0.1) is 0 Å². The molecular weight excluding hydrogens is 164 g/mol. The van der Waals surface area contributed by atoms with Crippen molar-refractivity contribution >= 4 is 0 Å². The van der Waals surface area contributed by atoms with E-state index in [0.717, 1.165) is 32.5 Å². The lowest BCUT2D eigenvalue weighted by Gasteiger charge is -2.26. The average molecular weight is 186 g/mol. The molecule has 2 atom stereocenters. The van der Waals surface area contributed by atoms with Crippen molar-refractivity contribution in [1.82, 2.24) is 4.90 Å². The smallest absolute Gasteiger partial charge is 0.0471 e. The van der Waals surface area contributed by atoms with Crippen molar-refractivity contribution < 1.29 is 5.11 Å². The zero-order valence-electron chi connectivity index (χ0n) is 8.58. The summed E-state index contributed by atoms with van der Waals surface area (Å²) in [4.78, 5) is 2.48. The van der Waals surface area contributed by atoms with E-state index in [1.54, 1.807) is 0 Å². The zero-order chi connectivity index (χ0) is 9.68. The largest absolute Gasteiger partial charge is 0.396 e. The standard InChI is InChI=1S/C10H22N2O/c1-2-10(3-5-11)12-6-4-9(7-12)8-13/h9-10,13H,2-8,11H2,1H3. The van der Waals surface area contributed by atoms with E-state index in [1.165, 1.54) is 6.42 Å². The van der Waals surface area contributed by atoms with Crippen LogP contribution < -0.4 is 5.73 Å². The van der Waals surface area contributed by atoms with Crippen LogP contribution in [0.1, 0.15) is 26.2 Å². The van der Waals surface area contributed by atoms with Gasteiger partial charge in [0.15, 0.2) is 0 Å². The predicted octanol–water partition coefficient (Wildman–Crippen LogP) is 0.428. The molecule has 1 aliphatic rings. The molecule has 0 saturated carbocycles. The van der Waals surface area contributed by atoms with Crippen LogP contribution >= 0.6 is 0 Å². The number of rotatable bonds is 5. The Morgan fingerprint density at radius 3 is 2.85 bits per heavy atom. The van der Waals surface area contributed by atoms with E-state index in [-0.39, 0.29) is 0 Å². The molecule has 13 heavy (non-hydrogen) atoms. The summed E-state index contributed by atoms with van der Waals surface area (Å²) in [5.74, 6) is 0.506. The predicted molar refractivity (Wildman–Crippen MR) is 54.5 cm³/mol. The van der Waals surface area contributed by atoms with Crippen LogP contribution in [-0.2, 0) is 0 Å². The van der Waals surface area contributed by atoms with Crippen molar-refractivity contribution in [2.75, 3.05) is 26.2 Å². The Hall–Kier alpha value is -0.120. The van der Waals surface area contributed by atoms with E-state index in [4.69, 9.17) is 10.8 Å². The Bertz CT molecular complexity index is 141. The molecule has 3 heteroatoms. The minimum absolute atomic E-state index is 0.343. The van der Waals surface area contributed by atoms with Crippen molar-refractivity contribution in [3.8, 4) is 0 Å². The van der Waals surface area contributed by atoms with E-state index in [2.05, 4.69) is 11.8 Å². The first kappa shape index (κ1) is 11.0. The minimum Gasteiger partial charge on any atom is -0.396 e. The molecule has 0 spiro atoms. The first-order valence-electron chi connectivity index (χ1n) is 5.36. The van der Waals surface area contributed by atoms with Crippen molar-refractivity contribution in [1.29, 1.82) is 0 Å². The number of nitrogens with two attached hydrogens (primary N) is 1. The normalized spacial score (nSPS) is 26.5. The molecule has 0 aromatic heterocycles. The van der Waals surface area contributed by atoms with Crippen molar-refractivity contribution in [3.05, 3.63) is 0 Å². The van der Waals surface area contributed by atoms with Crippen LogP contribution in [0.15, 0.2) is 0 Å². The molecule has 0 aromatic rings. The van der Waals surface area contributed by atoms with Gasteiger partial charge in [-0.2, -0.15) is 0 Å². The highest BCUT2D eigenvalue weighted by atomic mass is 16.3. The van der Waals surface area contributed by atoms with Crippen molar-refractivity contribution in [2.24, 2.45) is 11.7 Å². The fourth-order valence-corrected chi connectivity index (χ4v) is 2.18. The van der Waals surface area contributed by atoms with E-state index >= 15 is 0 Å². The maximum Gasteiger partial charge on any atom is 0.0471 e. The van der Waals surface area contributed by atoms with E-state index < -0.39 is 0 Å². The van der Waals surface area contributed by atoms with Gasteiger partial charge in [-0.15, -0.1) is 0 Å². The second kappa shape index (κ2) is 5.58. The Morgan fingerprint density at radius 1 is 1.62 bits per heavy atom. The monoisotopic (exact) mass is 186 g/mol. The quantitative estimate of drug-likeness (QED) is 0.654. The van der Waals surface area contributed by atoms with Gasteiger partial charge in [-0.25, -0.2) is 0 Å². The number of hydrogen-bond acceptors (Lipinski definition) is 3. The van der Waals surface area contributed by atoms with Crippen molar-refractivity contribution in [3.63, 3.8) is 0 Å². The number of hydrogen-bond donors (Lipinski definition) is 2. The molecule has 1 heterocycles. The lowest BCUT2D eigenvalue weighted by Crippen LogP contribution is -2.34. The molecule has 0 aliphatic carbocycles. The molecule has 0 bridgehead atoms. The lowest BCUT2D eigenvalue weighted by atomic mass is 10.1. The summed E-state index contributed by atoms with van der Waals surface area (Å²) < 4.78 is 0. The van der Waals surface area contributed by atoms with Gasteiger partial charge < -0.3 is 10.8 Å². The van der Waals surface area contributed by atoms with Gasteiger partial charge in [-0.1, -0.05) is 6.92 Å². The number of aliphatic hydroxyl groups excluding tert-OH is 1. The zero-order valence-corrected chi connectivity index (χ0v) is 8.58. The van der Waals surface area contributed by atoms with Crippen molar-refractivity contribution in [2.45, 2.75) is 32.2 Å². The van der Waals surface area contributed by atoms with Crippen LogP contribution in [0.4, 0.5) is 0 Å². The van der Waals surface area contributed by atoms with Crippen LogP contribution in [0.25, 0.3) is 0 Å². The summed E-state index contributed by atoms with van der Waals surface area (Å²) >= 11 is 0. The Balaban J connectivity index is 2.33. The van der Waals surface area contributed by atoms with Gasteiger partial charge >= 0.3 is 0 Å². The molecule has 3 nitrogen and oxygen atoms in total. The average Bonchev–Trinajstić information content (AvgIpc) is 2.62. The number of likely N-dealkylation sites (tertiary alicyclic amines) is 1. The molecule has 1 aliphatic heterocycles. The molecule has 1 fully saturated rings. The van der Waals surface area contributed by atoms with E-state index in [0.29, 0.717) is 18.6 Å². The van der Waals surface area contributed by atoms with Crippen LogP contribution in [0.3, 0.4) is 0 Å². The molecular formula is C10H22N2O. The molecule has 1 saturated heterocycles. The fraction of sp³-hybridized carbons (Fsp3) is 1.00. The Labute approximate surface area is 80.9 Å². The summed E-state index contributed by atoms with van der Waals surface area (Å²) in [6.07, 6.45) is 3.42. The topological polar surface area (TPSA) is 49.5 Å². The van der Waals surface area contributed by atoms with Gasteiger partial charge in [-0.3, -0.25) is 4.90 Å². The third kappa shape index (κ3) is 2.93. The highest BCUT2D eigenvalue weighted by molar-refractivity contribution is 4.80. The summed E-state index contributed by atoms with van der Waals surface area (Å²) in [5.41, 5.74) is 5.56. The molecule has 2 unspecified atom stereocenters. The summed E-state index contributed by atoms with van der Waals surface area (Å²) in [6.45, 7) is 5.54. The second-order valence-corrected chi connectivity index (χ2v) is 3.97. The lowest BCUT2D eigenvalue weighted by molar-refractivity contribution is 0.190. The van der Waals surface area contributed by atoms with Gasteiger partial charge in [0, 0.05) is 19.2 Å². The molecule has 78 valence electrons. The first-order valence-corrected chi connectivity index (χ1v) is 5.36. The Morgan fingerprint density at radius 2 is 2.38 bits per heavy atom. The SMILES string of the molecule is CCC(CCN)N1CCC(CO)C1. The summed E-state index contributed by atoms with van der Waals surface area (Å²) in [7, 11) is 0. The number of aliphatic hydroxyl groups is 1. The highest BCUT2D eigenvalue weighted by Crippen LogP contribution is 2.20. The second-order valence-electron chi connectivity index (χ2n) is 3.97. The van der Waals surface area contributed by atoms with Gasteiger partial charge in [0.25, 0.3) is 0 Å². The molecule has 0 aromatic carbocycles. The molecule has 0 radical (unpaired) electrons. The maximum absolute atomic E-state index is 9.02. The van der Waals surface area contributed by atoms with E-state index in [9.17, 15) is 0 Å². The highest BCUT2D eigenvalue weighted by Gasteiger charge is 2.26. The third-order valence-corrected chi connectivity index (χ3v) is 3.06. The minimum atomic E-state index is 0.343. The number of nitrogens with zero attached hydrogens (tertiary/aromatic N) is 1. The van der Waals surface area contributed by atoms with Gasteiger partial charge in [0.1, 0.15) is 0 Å².